The van der Waals surface area contributed by atoms with Crippen molar-refractivity contribution >= 4 is 22.0 Å². The van der Waals surface area contributed by atoms with Crippen molar-refractivity contribution in [2.45, 2.75) is 50.7 Å². The summed E-state index contributed by atoms with van der Waals surface area (Å²) in [5, 5.41) is -0.298. The lowest BCUT2D eigenvalue weighted by atomic mass is 9.98. The van der Waals surface area contributed by atoms with Gasteiger partial charge in [0.2, 0.25) is 10.9 Å². The third-order valence-electron chi connectivity index (χ3n) is 5.63. The predicted molar refractivity (Wildman–Crippen MR) is 107 cm³/mol. The van der Waals surface area contributed by atoms with E-state index in [0.717, 1.165) is 32.5 Å². The van der Waals surface area contributed by atoms with Gasteiger partial charge in [0, 0.05) is 19.6 Å². The number of piperidine rings is 2. The Morgan fingerprint density at radius 3 is 2.53 bits per heavy atom. The zero-order valence-electron chi connectivity index (χ0n) is 17.5. The molecule has 1 atom stereocenters. The number of hydrogen-bond donors (Lipinski definition) is 0. The maximum atomic E-state index is 12.8. The molecule has 0 bridgehead atoms. The largest absolute Gasteiger partial charge is 0.461 e. The van der Waals surface area contributed by atoms with Crippen LogP contribution in [-0.2, 0) is 24.3 Å². The van der Waals surface area contributed by atoms with Gasteiger partial charge < -0.3 is 13.9 Å². The number of carbonyl (C=O) groups excluding carboxylic acids is 2. The molecule has 168 valence electrons. The molecule has 2 aliphatic rings. The number of furan rings is 1. The first-order valence-electron chi connectivity index (χ1n) is 10.5. The molecule has 0 saturated carbocycles. The van der Waals surface area contributed by atoms with Gasteiger partial charge in [-0.3, -0.25) is 9.69 Å². The molecule has 2 saturated heterocycles. The van der Waals surface area contributed by atoms with Crippen LogP contribution in [0.15, 0.2) is 21.6 Å². The number of ether oxygens (including phenoxy) is 2. The Hall–Kier alpha value is -1.91. The van der Waals surface area contributed by atoms with Crippen LogP contribution in [0.25, 0.3) is 0 Å². The average molecular weight is 443 g/mol. The maximum Gasteiger partial charge on any atom is 0.374 e. The number of likely N-dealkylation sites (tertiary alicyclic amines) is 1. The van der Waals surface area contributed by atoms with Crippen LogP contribution in [0.2, 0.25) is 0 Å². The molecule has 10 heteroatoms. The van der Waals surface area contributed by atoms with Crippen molar-refractivity contribution in [2.24, 2.45) is 5.92 Å². The zero-order chi connectivity index (χ0) is 21.7. The molecular weight excluding hydrogens is 412 g/mol. The summed E-state index contributed by atoms with van der Waals surface area (Å²) < 4.78 is 42.6. The van der Waals surface area contributed by atoms with E-state index in [4.69, 9.17) is 13.9 Å². The van der Waals surface area contributed by atoms with Crippen molar-refractivity contribution in [3.8, 4) is 0 Å². The Kier molecular flexibility index (Phi) is 7.54. The minimum absolute atomic E-state index is 0.0858. The first-order valence-corrected chi connectivity index (χ1v) is 12.0. The minimum atomic E-state index is -3.88. The van der Waals surface area contributed by atoms with E-state index in [9.17, 15) is 18.0 Å². The van der Waals surface area contributed by atoms with Gasteiger partial charge in [-0.05, 0) is 57.8 Å². The van der Waals surface area contributed by atoms with Gasteiger partial charge in [-0.25, -0.2) is 13.2 Å². The van der Waals surface area contributed by atoms with Crippen molar-refractivity contribution in [2.75, 3.05) is 39.3 Å². The predicted octanol–water partition coefficient (Wildman–Crippen LogP) is 1.88. The topological polar surface area (TPSA) is 106 Å². The van der Waals surface area contributed by atoms with Crippen LogP contribution in [0.3, 0.4) is 0 Å². The van der Waals surface area contributed by atoms with Crippen molar-refractivity contribution in [1.82, 2.24) is 9.21 Å². The quantitative estimate of drug-likeness (QED) is 0.589. The van der Waals surface area contributed by atoms with Crippen molar-refractivity contribution in [3.63, 3.8) is 0 Å². The van der Waals surface area contributed by atoms with E-state index in [1.54, 1.807) is 6.92 Å². The van der Waals surface area contributed by atoms with E-state index in [0.29, 0.717) is 12.8 Å². The summed E-state index contributed by atoms with van der Waals surface area (Å²) in [7, 11) is -3.88. The normalized spacial score (nSPS) is 22.0. The molecular formula is C20H30N2O7S. The Morgan fingerprint density at radius 1 is 1.13 bits per heavy atom. The lowest BCUT2D eigenvalue weighted by molar-refractivity contribution is -0.158. The summed E-state index contributed by atoms with van der Waals surface area (Å²) in [4.78, 5) is 26.5. The van der Waals surface area contributed by atoms with E-state index in [1.807, 2.05) is 0 Å². The SMILES string of the molecule is CCOC(=O)c1ccc(S(=O)(=O)N2CCC(C(=O)OC3CCCN(CC)C3)CC2)o1. The van der Waals surface area contributed by atoms with Gasteiger partial charge in [0.15, 0.2) is 0 Å². The lowest BCUT2D eigenvalue weighted by Gasteiger charge is -2.34. The molecule has 1 unspecified atom stereocenters. The van der Waals surface area contributed by atoms with E-state index in [2.05, 4.69) is 11.8 Å². The fourth-order valence-electron chi connectivity index (χ4n) is 3.89. The fourth-order valence-corrected chi connectivity index (χ4v) is 5.27. The second kappa shape index (κ2) is 9.93. The molecule has 3 rings (SSSR count). The van der Waals surface area contributed by atoms with Crippen molar-refractivity contribution < 1.29 is 31.9 Å². The Balaban J connectivity index is 1.54. The molecule has 9 nitrogen and oxygen atoms in total. The molecule has 0 amide bonds. The Labute approximate surface area is 177 Å². The van der Waals surface area contributed by atoms with Crippen LogP contribution in [0.5, 0.6) is 0 Å². The molecule has 2 aliphatic heterocycles. The van der Waals surface area contributed by atoms with Gasteiger partial charge in [-0.15, -0.1) is 0 Å². The summed E-state index contributed by atoms with van der Waals surface area (Å²) >= 11 is 0. The minimum Gasteiger partial charge on any atom is -0.461 e. The standard InChI is InChI=1S/C20H30N2O7S/c1-3-21-11-5-6-16(14-21)28-19(23)15-9-12-22(13-10-15)30(25,26)18-8-7-17(29-18)20(24)27-4-2/h7-8,15-16H,3-6,9-14H2,1-2H3. The first-order chi connectivity index (χ1) is 14.3. The molecule has 0 N–H and O–H groups in total. The molecule has 1 aromatic heterocycles. The summed E-state index contributed by atoms with van der Waals surface area (Å²) in [5.41, 5.74) is 0. The highest BCUT2D eigenvalue weighted by Gasteiger charge is 2.36. The molecule has 0 aromatic carbocycles. The molecule has 2 fully saturated rings. The van der Waals surface area contributed by atoms with Crippen molar-refractivity contribution in [3.05, 3.63) is 17.9 Å². The van der Waals surface area contributed by atoms with Gasteiger partial charge in [-0.2, -0.15) is 4.31 Å². The average Bonchev–Trinajstić information content (AvgIpc) is 3.25. The first kappa shape index (κ1) is 22.8. The van der Waals surface area contributed by atoms with Gasteiger partial charge in [0.1, 0.15) is 6.10 Å². The van der Waals surface area contributed by atoms with Crippen molar-refractivity contribution in [1.29, 1.82) is 0 Å². The van der Waals surface area contributed by atoms with Crippen LogP contribution < -0.4 is 0 Å². The monoisotopic (exact) mass is 442 g/mol. The van der Waals surface area contributed by atoms with E-state index in [1.165, 1.54) is 16.4 Å². The van der Waals surface area contributed by atoms with Gasteiger partial charge in [-0.1, -0.05) is 6.92 Å². The Bertz CT molecular complexity index is 843. The molecule has 30 heavy (non-hydrogen) atoms. The number of esters is 2. The van der Waals surface area contributed by atoms with Crippen LogP contribution in [0.1, 0.15) is 50.1 Å². The number of sulfonamides is 1. The van der Waals surface area contributed by atoms with Gasteiger partial charge in [0.05, 0.1) is 12.5 Å². The molecule has 0 spiro atoms. The molecule has 3 heterocycles. The zero-order valence-corrected chi connectivity index (χ0v) is 18.4. The van der Waals surface area contributed by atoms with E-state index < -0.39 is 16.0 Å². The Morgan fingerprint density at radius 2 is 1.87 bits per heavy atom. The lowest BCUT2D eigenvalue weighted by Crippen LogP contribution is -2.43. The fraction of sp³-hybridized carbons (Fsp3) is 0.700. The van der Waals surface area contributed by atoms with E-state index in [-0.39, 0.29) is 48.5 Å². The smallest absolute Gasteiger partial charge is 0.374 e. The molecule has 0 radical (unpaired) electrons. The van der Waals surface area contributed by atoms with Crippen LogP contribution in [-0.4, -0.2) is 75.0 Å². The second-order valence-electron chi connectivity index (χ2n) is 7.61. The summed E-state index contributed by atoms with van der Waals surface area (Å²) in [6, 6.07) is 2.54. The highest BCUT2D eigenvalue weighted by atomic mass is 32.2. The third-order valence-corrected chi connectivity index (χ3v) is 7.40. The van der Waals surface area contributed by atoms with Gasteiger partial charge >= 0.3 is 11.9 Å². The van der Waals surface area contributed by atoms with E-state index >= 15 is 0 Å². The summed E-state index contributed by atoms with van der Waals surface area (Å²) in [6.45, 7) is 7.04. The second-order valence-corrected chi connectivity index (χ2v) is 9.48. The molecule has 1 aromatic rings. The third kappa shape index (κ3) is 5.22. The maximum absolute atomic E-state index is 12.8. The van der Waals surface area contributed by atoms with Crippen LogP contribution >= 0.6 is 0 Å². The number of carbonyl (C=O) groups is 2. The van der Waals surface area contributed by atoms with Crippen LogP contribution in [0, 0.1) is 5.92 Å². The number of likely N-dealkylation sites (N-methyl/N-ethyl adjacent to an activating group) is 1. The number of nitrogens with zero attached hydrogens (tertiary/aromatic N) is 2. The number of hydrogen-bond acceptors (Lipinski definition) is 8. The number of rotatable bonds is 7. The summed E-state index contributed by atoms with van der Waals surface area (Å²) in [5.74, 6) is -1.40. The van der Waals surface area contributed by atoms with Gasteiger partial charge in [0.25, 0.3) is 10.0 Å². The highest BCUT2D eigenvalue weighted by Crippen LogP contribution is 2.27. The molecule has 0 aliphatic carbocycles. The van der Waals surface area contributed by atoms with Crippen LogP contribution in [0.4, 0.5) is 0 Å². The summed E-state index contributed by atoms with van der Waals surface area (Å²) in [6.07, 6.45) is 2.59. The highest BCUT2D eigenvalue weighted by molar-refractivity contribution is 7.89.